The Morgan fingerprint density at radius 1 is 0.885 bits per heavy atom. The zero-order chi connectivity index (χ0) is 18.8. The number of benzene rings is 1. The third-order valence-corrected chi connectivity index (χ3v) is 4.74. The third-order valence-electron chi connectivity index (χ3n) is 4.48. The minimum Gasteiger partial charge on any atom is -0.353 e. The van der Waals surface area contributed by atoms with Crippen molar-refractivity contribution in [1.29, 1.82) is 0 Å². The fraction of sp³-hybridized carbons (Fsp3) is 0.526. The monoisotopic (exact) mass is 379 g/mol. The Kier molecular flexibility index (Phi) is 8.41. The zero-order valence-electron chi connectivity index (χ0n) is 14.9. The van der Waals surface area contributed by atoms with E-state index < -0.39 is 0 Å². The summed E-state index contributed by atoms with van der Waals surface area (Å²) in [7, 11) is 0. The second-order valence-electron chi connectivity index (χ2n) is 6.60. The summed E-state index contributed by atoms with van der Waals surface area (Å²) in [6.45, 7) is 0.580. The van der Waals surface area contributed by atoms with Crippen LogP contribution in [0.3, 0.4) is 0 Å². The lowest BCUT2D eigenvalue weighted by molar-refractivity contribution is -0.126. The molecular weight excluding hydrogens is 354 g/mol. The molecule has 2 rings (SSSR count). The first-order chi connectivity index (χ1) is 12.5. The maximum absolute atomic E-state index is 11.9. The Balaban J connectivity index is 1.54. The molecule has 0 bridgehead atoms. The maximum Gasteiger partial charge on any atom is 0.251 e. The molecule has 0 unspecified atom stereocenters. The summed E-state index contributed by atoms with van der Waals surface area (Å²) in [5, 5.41) is 8.61. The lowest BCUT2D eigenvalue weighted by Gasteiger charge is -2.20. The molecule has 1 aliphatic rings. The second-order valence-corrected chi connectivity index (χ2v) is 7.03. The van der Waals surface area contributed by atoms with Crippen molar-refractivity contribution in [2.75, 3.05) is 19.6 Å². The number of carbonyl (C=O) groups excluding carboxylic acids is 3. The van der Waals surface area contributed by atoms with Gasteiger partial charge in [-0.1, -0.05) is 30.9 Å². The van der Waals surface area contributed by atoms with Crippen LogP contribution in [0.2, 0.25) is 5.02 Å². The van der Waals surface area contributed by atoms with Gasteiger partial charge in [0.05, 0.1) is 6.54 Å². The van der Waals surface area contributed by atoms with Gasteiger partial charge in [-0.3, -0.25) is 14.4 Å². The summed E-state index contributed by atoms with van der Waals surface area (Å²) in [6, 6.07) is 6.57. The topological polar surface area (TPSA) is 87.3 Å². The Morgan fingerprint density at radius 3 is 2.23 bits per heavy atom. The van der Waals surface area contributed by atoms with Crippen LogP contribution in [0, 0.1) is 5.92 Å². The summed E-state index contributed by atoms with van der Waals surface area (Å²) >= 11 is 5.78. The number of amides is 3. The molecule has 142 valence electrons. The predicted octanol–water partition coefficient (Wildman–Crippen LogP) is 2.27. The van der Waals surface area contributed by atoms with E-state index in [-0.39, 0.29) is 24.3 Å². The second kappa shape index (κ2) is 10.8. The Hall–Kier alpha value is -2.08. The van der Waals surface area contributed by atoms with E-state index in [9.17, 15) is 14.4 Å². The van der Waals surface area contributed by atoms with Crippen LogP contribution in [0.5, 0.6) is 0 Å². The molecule has 0 radical (unpaired) electrons. The van der Waals surface area contributed by atoms with Gasteiger partial charge in [0.1, 0.15) is 0 Å². The molecule has 7 heteroatoms. The van der Waals surface area contributed by atoms with Crippen molar-refractivity contribution < 1.29 is 14.4 Å². The number of hydrogen-bond donors (Lipinski definition) is 3. The predicted molar refractivity (Wildman–Crippen MR) is 101 cm³/mol. The van der Waals surface area contributed by atoms with Gasteiger partial charge in [0.15, 0.2) is 0 Å². The fourth-order valence-electron chi connectivity index (χ4n) is 3.05. The standard InChI is InChI=1S/C19H26ClN3O3/c20-16-8-6-15(7-9-16)19(26)22-11-10-21-18(25)13-23-17(24)12-14-4-2-1-3-5-14/h6-9,14H,1-5,10-13H2,(H,21,25)(H,22,26)(H,23,24). The van der Waals surface area contributed by atoms with Crippen molar-refractivity contribution >= 4 is 29.3 Å². The lowest BCUT2D eigenvalue weighted by Crippen LogP contribution is -2.40. The van der Waals surface area contributed by atoms with Crippen molar-refractivity contribution in [1.82, 2.24) is 16.0 Å². The van der Waals surface area contributed by atoms with E-state index in [4.69, 9.17) is 11.6 Å². The molecule has 1 aromatic carbocycles. The van der Waals surface area contributed by atoms with Gasteiger partial charge >= 0.3 is 0 Å². The molecule has 6 nitrogen and oxygen atoms in total. The normalized spacial score (nSPS) is 14.5. The summed E-state index contributed by atoms with van der Waals surface area (Å²) in [5.41, 5.74) is 0.510. The molecule has 26 heavy (non-hydrogen) atoms. The molecule has 1 aromatic rings. The van der Waals surface area contributed by atoms with Crippen molar-refractivity contribution in [2.24, 2.45) is 5.92 Å². The molecule has 3 amide bonds. The van der Waals surface area contributed by atoms with Crippen molar-refractivity contribution in [3.8, 4) is 0 Å². The summed E-state index contributed by atoms with van der Waals surface area (Å²) in [6.07, 6.45) is 6.36. The number of carbonyl (C=O) groups is 3. The highest BCUT2D eigenvalue weighted by Gasteiger charge is 2.17. The first-order valence-electron chi connectivity index (χ1n) is 9.12. The van der Waals surface area contributed by atoms with E-state index >= 15 is 0 Å². The van der Waals surface area contributed by atoms with Gasteiger partial charge in [0.2, 0.25) is 11.8 Å². The number of halogens is 1. The summed E-state index contributed by atoms with van der Waals surface area (Å²) < 4.78 is 0. The van der Waals surface area contributed by atoms with Crippen molar-refractivity contribution in [3.63, 3.8) is 0 Å². The van der Waals surface area contributed by atoms with Crippen LogP contribution in [-0.2, 0) is 9.59 Å². The molecule has 0 aliphatic heterocycles. The Bertz CT molecular complexity index is 613. The zero-order valence-corrected chi connectivity index (χ0v) is 15.6. The van der Waals surface area contributed by atoms with E-state index in [0.29, 0.717) is 36.0 Å². The molecule has 1 fully saturated rings. The van der Waals surface area contributed by atoms with Gasteiger partial charge in [-0.2, -0.15) is 0 Å². The lowest BCUT2D eigenvalue weighted by atomic mass is 9.87. The van der Waals surface area contributed by atoms with Crippen molar-refractivity contribution in [3.05, 3.63) is 34.9 Å². The van der Waals surface area contributed by atoms with Gasteiger partial charge in [0, 0.05) is 30.1 Å². The Morgan fingerprint density at radius 2 is 1.54 bits per heavy atom. The summed E-state index contributed by atoms with van der Waals surface area (Å²) in [5.74, 6) is -0.0996. The van der Waals surface area contributed by atoms with Crippen LogP contribution in [0.1, 0.15) is 48.9 Å². The van der Waals surface area contributed by atoms with Crippen LogP contribution in [-0.4, -0.2) is 37.4 Å². The average Bonchev–Trinajstić information content (AvgIpc) is 2.65. The van der Waals surface area contributed by atoms with Crippen LogP contribution in [0.15, 0.2) is 24.3 Å². The van der Waals surface area contributed by atoms with E-state index in [1.807, 2.05) is 0 Å². The van der Waals surface area contributed by atoms with Crippen LogP contribution in [0.25, 0.3) is 0 Å². The van der Waals surface area contributed by atoms with E-state index in [2.05, 4.69) is 16.0 Å². The first kappa shape index (κ1) is 20.2. The fourth-order valence-corrected chi connectivity index (χ4v) is 3.17. The molecule has 1 aliphatic carbocycles. The third kappa shape index (κ3) is 7.44. The average molecular weight is 380 g/mol. The number of hydrogen-bond acceptors (Lipinski definition) is 3. The van der Waals surface area contributed by atoms with Gasteiger partial charge in [-0.15, -0.1) is 0 Å². The molecule has 0 spiro atoms. The molecule has 0 heterocycles. The van der Waals surface area contributed by atoms with Gasteiger partial charge in [0.25, 0.3) is 5.91 Å². The van der Waals surface area contributed by atoms with Crippen molar-refractivity contribution in [2.45, 2.75) is 38.5 Å². The SMILES string of the molecule is O=C(CNC(=O)CC1CCCCC1)NCCNC(=O)c1ccc(Cl)cc1. The highest BCUT2D eigenvalue weighted by Crippen LogP contribution is 2.25. The first-order valence-corrected chi connectivity index (χ1v) is 9.49. The maximum atomic E-state index is 11.9. The molecular formula is C19H26ClN3O3. The summed E-state index contributed by atoms with van der Waals surface area (Å²) in [4.78, 5) is 35.5. The van der Waals surface area contributed by atoms with E-state index in [0.717, 1.165) is 12.8 Å². The van der Waals surface area contributed by atoms with Gasteiger partial charge in [-0.05, 0) is 43.0 Å². The Labute approximate surface area is 159 Å². The van der Waals surface area contributed by atoms with Crippen LogP contribution < -0.4 is 16.0 Å². The highest BCUT2D eigenvalue weighted by atomic mass is 35.5. The van der Waals surface area contributed by atoms with E-state index in [1.165, 1.54) is 19.3 Å². The molecule has 1 saturated carbocycles. The molecule has 3 N–H and O–H groups in total. The van der Waals surface area contributed by atoms with E-state index in [1.54, 1.807) is 24.3 Å². The minimum atomic E-state index is -0.261. The smallest absolute Gasteiger partial charge is 0.251 e. The molecule has 0 aromatic heterocycles. The van der Waals surface area contributed by atoms with Crippen LogP contribution in [0.4, 0.5) is 0 Å². The minimum absolute atomic E-state index is 0.0311. The van der Waals surface area contributed by atoms with Gasteiger partial charge < -0.3 is 16.0 Å². The largest absolute Gasteiger partial charge is 0.353 e. The van der Waals surface area contributed by atoms with Crippen LogP contribution >= 0.6 is 11.6 Å². The highest BCUT2D eigenvalue weighted by molar-refractivity contribution is 6.30. The molecule has 0 atom stereocenters. The number of nitrogens with one attached hydrogen (secondary N) is 3. The number of rotatable bonds is 8. The quantitative estimate of drug-likeness (QED) is 0.605. The molecule has 0 saturated heterocycles. The van der Waals surface area contributed by atoms with Gasteiger partial charge in [-0.25, -0.2) is 0 Å².